The topological polar surface area (TPSA) is 75.4 Å². The largest absolute Gasteiger partial charge is 0.416 e. The van der Waals surface area contributed by atoms with Gasteiger partial charge in [0.1, 0.15) is 4.90 Å². The second-order valence-electron chi connectivity index (χ2n) is 4.66. The van der Waals surface area contributed by atoms with Gasteiger partial charge in [-0.05, 0) is 13.8 Å². The SMILES string of the molecule is CCN(C)S(=O)(=O)c1c(C)nn(C[C@@H](O)C(F)(F)F)c1C. The zero-order valence-electron chi connectivity index (χ0n) is 12.1. The van der Waals surface area contributed by atoms with Gasteiger partial charge < -0.3 is 5.11 Å². The Balaban J connectivity index is 3.24. The predicted molar refractivity (Wildman–Crippen MR) is 69.3 cm³/mol. The molecule has 0 bridgehead atoms. The van der Waals surface area contributed by atoms with E-state index in [0.717, 1.165) is 8.99 Å². The van der Waals surface area contributed by atoms with E-state index in [4.69, 9.17) is 5.11 Å². The van der Waals surface area contributed by atoms with Crippen molar-refractivity contribution in [1.29, 1.82) is 0 Å². The lowest BCUT2D eigenvalue weighted by molar-refractivity contribution is -0.208. The molecule has 10 heteroatoms. The summed E-state index contributed by atoms with van der Waals surface area (Å²) in [5.74, 6) is 0. The average molecular weight is 329 g/mol. The fourth-order valence-corrected chi connectivity index (χ4v) is 3.37. The fraction of sp³-hybridized carbons (Fsp3) is 0.727. The number of rotatable bonds is 5. The van der Waals surface area contributed by atoms with Crippen LogP contribution >= 0.6 is 0 Å². The first kappa shape index (κ1) is 17.9. The van der Waals surface area contributed by atoms with Gasteiger partial charge in [0.25, 0.3) is 0 Å². The number of halogens is 3. The summed E-state index contributed by atoms with van der Waals surface area (Å²) in [4.78, 5) is -0.124. The Hall–Kier alpha value is -1.13. The number of hydrogen-bond acceptors (Lipinski definition) is 4. The third-order valence-corrected chi connectivity index (χ3v) is 5.34. The molecule has 1 aromatic rings. The molecule has 0 radical (unpaired) electrons. The molecule has 0 unspecified atom stereocenters. The molecule has 0 spiro atoms. The number of aryl methyl sites for hydroxylation is 1. The number of nitrogens with zero attached hydrogens (tertiary/aromatic N) is 3. The van der Waals surface area contributed by atoms with Crippen LogP contribution < -0.4 is 0 Å². The lowest BCUT2D eigenvalue weighted by atomic mass is 10.3. The Morgan fingerprint density at radius 3 is 2.33 bits per heavy atom. The number of alkyl halides is 3. The zero-order valence-corrected chi connectivity index (χ0v) is 13.0. The van der Waals surface area contributed by atoms with Gasteiger partial charge >= 0.3 is 6.18 Å². The molecule has 0 aromatic carbocycles. The standard InChI is InChI=1S/C11H18F3N3O3S/c1-5-16(4)21(19,20)10-7(2)15-17(8(10)3)6-9(18)11(12,13)14/h9,18H,5-6H2,1-4H3/t9-/m1/s1. The lowest BCUT2D eigenvalue weighted by Crippen LogP contribution is -2.33. The molecule has 1 atom stereocenters. The van der Waals surface area contributed by atoms with Crippen molar-refractivity contribution in [2.24, 2.45) is 0 Å². The number of hydrogen-bond donors (Lipinski definition) is 1. The highest BCUT2D eigenvalue weighted by atomic mass is 32.2. The molecule has 1 aromatic heterocycles. The molecule has 0 aliphatic carbocycles. The molecule has 0 saturated heterocycles. The van der Waals surface area contributed by atoms with E-state index in [1.54, 1.807) is 6.92 Å². The highest BCUT2D eigenvalue weighted by Gasteiger charge is 2.39. The van der Waals surface area contributed by atoms with E-state index in [9.17, 15) is 21.6 Å². The molecule has 0 aliphatic rings. The van der Waals surface area contributed by atoms with Crippen LogP contribution in [-0.2, 0) is 16.6 Å². The van der Waals surface area contributed by atoms with E-state index in [1.807, 2.05) is 0 Å². The molecule has 1 rings (SSSR count). The maximum absolute atomic E-state index is 12.4. The molecule has 1 heterocycles. The Bertz CT molecular complexity index is 610. The summed E-state index contributed by atoms with van der Waals surface area (Å²) >= 11 is 0. The quantitative estimate of drug-likeness (QED) is 0.877. The summed E-state index contributed by atoms with van der Waals surface area (Å²) in [6.45, 7) is 3.78. The number of aliphatic hydroxyl groups excluding tert-OH is 1. The monoisotopic (exact) mass is 329 g/mol. The highest BCUT2D eigenvalue weighted by Crippen LogP contribution is 2.25. The first-order valence-electron chi connectivity index (χ1n) is 6.18. The van der Waals surface area contributed by atoms with Crippen LogP contribution in [0.1, 0.15) is 18.3 Å². The Morgan fingerprint density at radius 2 is 1.90 bits per heavy atom. The van der Waals surface area contributed by atoms with Crippen molar-refractivity contribution in [3.05, 3.63) is 11.4 Å². The number of aliphatic hydroxyl groups is 1. The number of aromatic nitrogens is 2. The molecule has 0 amide bonds. The summed E-state index contributed by atoms with van der Waals surface area (Å²) in [6.07, 6.45) is -7.39. The first-order chi connectivity index (χ1) is 9.42. The minimum absolute atomic E-state index is 0.0658. The molecule has 1 N–H and O–H groups in total. The Labute approximate surface area is 121 Å². The van der Waals surface area contributed by atoms with Crippen molar-refractivity contribution >= 4 is 10.0 Å². The van der Waals surface area contributed by atoms with E-state index in [2.05, 4.69) is 5.10 Å². The molecule has 0 saturated carbocycles. The van der Waals surface area contributed by atoms with Crippen LogP contribution in [0, 0.1) is 13.8 Å². The molecular formula is C11H18F3N3O3S. The van der Waals surface area contributed by atoms with Gasteiger partial charge in [-0.25, -0.2) is 12.7 Å². The highest BCUT2D eigenvalue weighted by molar-refractivity contribution is 7.89. The minimum Gasteiger partial charge on any atom is -0.382 e. The fourth-order valence-electron chi connectivity index (χ4n) is 1.82. The summed E-state index contributed by atoms with van der Waals surface area (Å²) in [6, 6.07) is 0. The smallest absolute Gasteiger partial charge is 0.382 e. The summed E-state index contributed by atoms with van der Waals surface area (Å²) in [5.41, 5.74) is 0.165. The van der Waals surface area contributed by atoms with Gasteiger partial charge in [-0.3, -0.25) is 4.68 Å². The van der Waals surface area contributed by atoms with Crippen LogP contribution in [-0.4, -0.2) is 53.5 Å². The molecule has 21 heavy (non-hydrogen) atoms. The molecular weight excluding hydrogens is 311 g/mol. The van der Waals surface area contributed by atoms with Gasteiger partial charge in [0.15, 0.2) is 6.10 Å². The third-order valence-electron chi connectivity index (χ3n) is 3.15. The van der Waals surface area contributed by atoms with Crippen LogP contribution in [0.25, 0.3) is 0 Å². The molecule has 0 fully saturated rings. The average Bonchev–Trinajstić information content (AvgIpc) is 2.62. The second kappa shape index (κ2) is 5.93. The van der Waals surface area contributed by atoms with E-state index in [-0.39, 0.29) is 22.8 Å². The van der Waals surface area contributed by atoms with Crippen molar-refractivity contribution < 1.29 is 26.7 Å². The van der Waals surface area contributed by atoms with Gasteiger partial charge in [0, 0.05) is 13.6 Å². The van der Waals surface area contributed by atoms with E-state index < -0.39 is 28.8 Å². The van der Waals surface area contributed by atoms with Crippen molar-refractivity contribution in [2.45, 2.75) is 44.5 Å². The van der Waals surface area contributed by atoms with Crippen molar-refractivity contribution in [1.82, 2.24) is 14.1 Å². The summed E-state index contributed by atoms with van der Waals surface area (Å²) in [7, 11) is -2.44. The van der Waals surface area contributed by atoms with E-state index >= 15 is 0 Å². The van der Waals surface area contributed by atoms with Gasteiger partial charge in [-0.1, -0.05) is 6.92 Å². The van der Waals surface area contributed by atoms with Crippen molar-refractivity contribution in [2.75, 3.05) is 13.6 Å². The molecule has 6 nitrogen and oxygen atoms in total. The third kappa shape index (κ3) is 3.55. The summed E-state index contributed by atoms with van der Waals surface area (Å²) in [5, 5.41) is 12.9. The van der Waals surface area contributed by atoms with Crippen LogP contribution in [0.4, 0.5) is 13.2 Å². The maximum Gasteiger partial charge on any atom is 0.416 e. The summed E-state index contributed by atoms with van der Waals surface area (Å²) < 4.78 is 63.6. The Morgan fingerprint density at radius 1 is 1.38 bits per heavy atom. The lowest BCUT2D eigenvalue weighted by Gasteiger charge is -2.16. The number of sulfonamides is 1. The van der Waals surface area contributed by atoms with Crippen molar-refractivity contribution in [3.63, 3.8) is 0 Å². The van der Waals surface area contributed by atoms with Crippen LogP contribution in [0.5, 0.6) is 0 Å². The van der Waals surface area contributed by atoms with E-state index in [1.165, 1.54) is 20.9 Å². The first-order valence-corrected chi connectivity index (χ1v) is 7.62. The minimum atomic E-state index is -4.79. The van der Waals surface area contributed by atoms with Gasteiger partial charge in [0.2, 0.25) is 10.0 Å². The van der Waals surface area contributed by atoms with Crippen LogP contribution in [0.3, 0.4) is 0 Å². The second-order valence-corrected chi connectivity index (χ2v) is 6.64. The normalized spacial score (nSPS) is 14.7. The van der Waals surface area contributed by atoms with Gasteiger partial charge in [-0.15, -0.1) is 0 Å². The zero-order chi connectivity index (χ0) is 16.6. The van der Waals surface area contributed by atoms with Crippen LogP contribution in [0.2, 0.25) is 0 Å². The maximum atomic E-state index is 12.4. The van der Waals surface area contributed by atoms with E-state index in [0.29, 0.717) is 0 Å². The van der Waals surface area contributed by atoms with Gasteiger partial charge in [0.05, 0.1) is 17.9 Å². The molecule has 122 valence electrons. The van der Waals surface area contributed by atoms with Crippen molar-refractivity contribution in [3.8, 4) is 0 Å². The Kier molecular flexibility index (Phi) is 5.06. The van der Waals surface area contributed by atoms with Gasteiger partial charge in [-0.2, -0.15) is 18.3 Å². The molecule has 0 aliphatic heterocycles. The predicted octanol–water partition coefficient (Wildman–Crippen LogP) is 1.06. The van der Waals surface area contributed by atoms with Crippen LogP contribution in [0.15, 0.2) is 4.90 Å².